The molecule has 0 unspecified atom stereocenters. The molecule has 0 radical (unpaired) electrons. The van der Waals surface area contributed by atoms with E-state index in [0.29, 0.717) is 5.82 Å². The van der Waals surface area contributed by atoms with E-state index in [1.165, 1.54) is 0 Å². The molecule has 0 aliphatic heterocycles. The summed E-state index contributed by atoms with van der Waals surface area (Å²) in [6.07, 6.45) is 6.34. The highest BCUT2D eigenvalue weighted by Gasteiger charge is 2.14. The second kappa shape index (κ2) is 7.04. The summed E-state index contributed by atoms with van der Waals surface area (Å²) in [4.78, 5) is 31.0. The first kappa shape index (κ1) is 13.7. The quantitative estimate of drug-likeness (QED) is 0.763. The molecule has 0 aromatic carbocycles. The average molecular weight is 239 g/mol. The molecular formula is C12H21N3O2. The van der Waals surface area contributed by atoms with Crippen LogP contribution in [0, 0.1) is 0 Å². The minimum absolute atomic E-state index is 0.199. The summed E-state index contributed by atoms with van der Waals surface area (Å²) in [6.45, 7) is 4.26. The van der Waals surface area contributed by atoms with E-state index < -0.39 is 11.4 Å². The molecule has 5 nitrogen and oxygen atoms in total. The van der Waals surface area contributed by atoms with Crippen molar-refractivity contribution < 1.29 is 0 Å². The van der Waals surface area contributed by atoms with Crippen molar-refractivity contribution in [1.29, 1.82) is 0 Å². The molecule has 0 aliphatic carbocycles. The van der Waals surface area contributed by atoms with Crippen LogP contribution in [0.2, 0.25) is 0 Å². The lowest BCUT2D eigenvalue weighted by molar-refractivity contribution is 0.497. The summed E-state index contributed by atoms with van der Waals surface area (Å²) in [5.41, 5.74) is -1.01. The van der Waals surface area contributed by atoms with Gasteiger partial charge in [0, 0.05) is 5.92 Å². The lowest BCUT2D eigenvalue weighted by Gasteiger charge is -2.14. The second-order valence-electron chi connectivity index (χ2n) is 4.36. The van der Waals surface area contributed by atoms with Crippen molar-refractivity contribution in [2.45, 2.75) is 58.3 Å². The number of aromatic nitrogens is 3. The number of hydrogen-bond donors (Lipinski definition) is 2. The van der Waals surface area contributed by atoms with Gasteiger partial charge in [-0.15, -0.1) is 0 Å². The maximum atomic E-state index is 11.2. The van der Waals surface area contributed by atoms with Gasteiger partial charge >= 0.3 is 11.4 Å². The molecule has 1 aromatic rings. The molecule has 0 aliphatic rings. The highest BCUT2D eigenvalue weighted by molar-refractivity contribution is 4.93. The number of rotatable bonds is 7. The lowest BCUT2D eigenvalue weighted by Crippen LogP contribution is -2.28. The maximum absolute atomic E-state index is 11.2. The fraction of sp³-hybridized carbons (Fsp3) is 0.750. The Balaban J connectivity index is 2.86. The SMILES string of the molecule is CCCCC(CCCC)c1nc(=O)[nH]c(=O)[nH]1. The maximum Gasteiger partial charge on any atom is 0.350 e. The zero-order chi connectivity index (χ0) is 12.7. The number of H-pyrrole nitrogens is 2. The smallest absolute Gasteiger partial charge is 0.295 e. The highest BCUT2D eigenvalue weighted by atomic mass is 16.2. The summed E-state index contributed by atoms with van der Waals surface area (Å²) < 4.78 is 0. The zero-order valence-electron chi connectivity index (χ0n) is 10.6. The number of hydrogen-bond acceptors (Lipinski definition) is 3. The topological polar surface area (TPSA) is 78.6 Å². The third-order valence-corrected chi connectivity index (χ3v) is 2.88. The van der Waals surface area contributed by atoms with Crippen molar-refractivity contribution in [3.63, 3.8) is 0 Å². The Morgan fingerprint density at radius 3 is 2.12 bits per heavy atom. The van der Waals surface area contributed by atoms with E-state index in [4.69, 9.17) is 0 Å². The molecule has 1 aromatic heterocycles. The average Bonchev–Trinajstić information content (AvgIpc) is 2.28. The first-order valence-electron chi connectivity index (χ1n) is 6.37. The van der Waals surface area contributed by atoms with Crippen LogP contribution in [-0.2, 0) is 0 Å². The molecule has 96 valence electrons. The standard InChI is InChI=1S/C12H21N3O2/c1-3-5-7-9(8-6-4-2)10-13-11(16)15-12(17)14-10/h9H,3-8H2,1-2H3,(H2,13,14,15,16,17). The van der Waals surface area contributed by atoms with Crippen LogP contribution in [-0.4, -0.2) is 15.0 Å². The van der Waals surface area contributed by atoms with Crippen LogP contribution < -0.4 is 11.4 Å². The van der Waals surface area contributed by atoms with Crippen LogP contribution in [0.15, 0.2) is 9.59 Å². The van der Waals surface area contributed by atoms with Gasteiger partial charge in [-0.05, 0) is 12.8 Å². The molecule has 5 heteroatoms. The molecule has 1 rings (SSSR count). The summed E-state index contributed by atoms with van der Waals surface area (Å²) in [6, 6.07) is 0. The molecule has 0 atom stereocenters. The summed E-state index contributed by atoms with van der Waals surface area (Å²) >= 11 is 0. The van der Waals surface area contributed by atoms with Crippen molar-refractivity contribution in [2.24, 2.45) is 0 Å². The summed E-state index contributed by atoms with van der Waals surface area (Å²) in [5.74, 6) is 0.741. The van der Waals surface area contributed by atoms with Crippen LogP contribution >= 0.6 is 0 Å². The van der Waals surface area contributed by atoms with Gasteiger partial charge in [0.15, 0.2) is 0 Å². The Morgan fingerprint density at radius 2 is 1.65 bits per heavy atom. The monoisotopic (exact) mass is 239 g/mol. The van der Waals surface area contributed by atoms with Crippen molar-refractivity contribution >= 4 is 0 Å². The van der Waals surface area contributed by atoms with Crippen molar-refractivity contribution in [3.8, 4) is 0 Å². The first-order valence-corrected chi connectivity index (χ1v) is 6.37. The van der Waals surface area contributed by atoms with E-state index in [1.807, 2.05) is 0 Å². The molecule has 0 saturated heterocycles. The number of nitrogens with one attached hydrogen (secondary N) is 2. The molecule has 0 spiro atoms. The Hall–Kier alpha value is -1.39. The van der Waals surface area contributed by atoms with Crippen LogP contribution in [0.3, 0.4) is 0 Å². The van der Waals surface area contributed by atoms with Gasteiger partial charge in [-0.3, -0.25) is 9.97 Å². The number of aromatic amines is 2. The summed E-state index contributed by atoms with van der Waals surface area (Å²) in [5, 5.41) is 0. The van der Waals surface area contributed by atoms with Gasteiger partial charge in [0.25, 0.3) is 0 Å². The van der Waals surface area contributed by atoms with Gasteiger partial charge in [-0.2, -0.15) is 4.98 Å². The normalized spacial score (nSPS) is 11.0. The number of unbranched alkanes of at least 4 members (excludes halogenated alkanes) is 2. The first-order chi connectivity index (χ1) is 8.17. The van der Waals surface area contributed by atoms with E-state index in [-0.39, 0.29) is 5.92 Å². The second-order valence-corrected chi connectivity index (χ2v) is 4.36. The van der Waals surface area contributed by atoms with E-state index >= 15 is 0 Å². The Kier molecular flexibility index (Phi) is 5.66. The van der Waals surface area contributed by atoms with E-state index in [9.17, 15) is 9.59 Å². The molecule has 0 bridgehead atoms. The van der Waals surface area contributed by atoms with Gasteiger partial charge in [0.2, 0.25) is 0 Å². The van der Waals surface area contributed by atoms with E-state index in [0.717, 1.165) is 38.5 Å². The fourth-order valence-corrected chi connectivity index (χ4v) is 1.92. The van der Waals surface area contributed by atoms with Crippen LogP contribution in [0.5, 0.6) is 0 Å². The highest BCUT2D eigenvalue weighted by Crippen LogP contribution is 2.23. The van der Waals surface area contributed by atoms with Crippen LogP contribution in [0.25, 0.3) is 0 Å². The van der Waals surface area contributed by atoms with Gasteiger partial charge in [0.05, 0.1) is 0 Å². The Labute approximate surface area is 101 Å². The fourth-order valence-electron chi connectivity index (χ4n) is 1.92. The third kappa shape index (κ3) is 4.54. The largest absolute Gasteiger partial charge is 0.350 e. The minimum Gasteiger partial charge on any atom is -0.295 e. The van der Waals surface area contributed by atoms with Gasteiger partial charge in [-0.1, -0.05) is 39.5 Å². The minimum atomic E-state index is -0.554. The van der Waals surface area contributed by atoms with Crippen LogP contribution in [0.1, 0.15) is 64.1 Å². The van der Waals surface area contributed by atoms with Crippen LogP contribution in [0.4, 0.5) is 0 Å². The van der Waals surface area contributed by atoms with Crippen molar-refractivity contribution in [2.75, 3.05) is 0 Å². The van der Waals surface area contributed by atoms with Crippen molar-refractivity contribution in [1.82, 2.24) is 15.0 Å². The van der Waals surface area contributed by atoms with Crippen molar-refractivity contribution in [3.05, 3.63) is 26.8 Å². The molecule has 0 fully saturated rings. The molecule has 2 N–H and O–H groups in total. The number of nitrogens with zero attached hydrogens (tertiary/aromatic N) is 1. The van der Waals surface area contributed by atoms with E-state index in [1.54, 1.807) is 0 Å². The van der Waals surface area contributed by atoms with Gasteiger partial charge < -0.3 is 0 Å². The lowest BCUT2D eigenvalue weighted by atomic mass is 9.95. The molecule has 17 heavy (non-hydrogen) atoms. The summed E-state index contributed by atoms with van der Waals surface area (Å²) in [7, 11) is 0. The molecule has 1 heterocycles. The van der Waals surface area contributed by atoms with Gasteiger partial charge in [0.1, 0.15) is 5.82 Å². The van der Waals surface area contributed by atoms with E-state index in [2.05, 4.69) is 28.8 Å². The zero-order valence-corrected chi connectivity index (χ0v) is 10.6. The Bertz CT molecular complexity index is 400. The Morgan fingerprint density at radius 1 is 1.06 bits per heavy atom. The predicted molar refractivity (Wildman–Crippen MR) is 67.3 cm³/mol. The molecular weight excluding hydrogens is 218 g/mol. The predicted octanol–water partition coefficient (Wildman–Crippen LogP) is 1.92. The third-order valence-electron chi connectivity index (χ3n) is 2.88. The molecule has 0 saturated carbocycles. The van der Waals surface area contributed by atoms with Gasteiger partial charge in [-0.25, -0.2) is 9.59 Å². The molecule has 0 amide bonds.